The molecule has 0 bridgehead atoms. The highest BCUT2D eigenvalue weighted by Crippen LogP contribution is 2.29. The van der Waals surface area contributed by atoms with Crippen molar-refractivity contribution in [2.75, 3.05) is 13.1 Å². The molecule has 1 saturated heterocycles. The van der Waals surface area contributed by atoms with Gasteiger partial charge in [-0.2, -0.15) is 4.31 Å². The lowest BCUT2D eigenvalue weighted by Crippen LogP contribution is -2.34. The fourth-order valence-corrected chi connectivity index (χ4v) is 4.65. The van der Waals surface area contributed by atoms with Crippen LogP contribution >= 0.6 is 0 Å². The molecule has 0 radical (unpaired) electrons. The lowest BCUT2D eigenvalue weighted by Gasteiger charge is -2.24. The zero-order chi connectivity index (χ0) is 17.2. The molecule has 0 amide bonds. The molecule has 0 aliphatic carbocycles. The van der Waals surface area contributed by atoms with E-state index in [1.807, 2.05) is 30.3 Å². The number of hydrogen-bond acceptors (Lipinski definition) is 2. The fraction of sp³-hybridized carbons (Fsp3) is 0.333. The summed E-state index contributed by atoms with van der Waals surface area (Å²) in [5, 5.41) is 0. The van der Waals surface area contributed by atoms with Gasteiger partial charge in [-0.3, -0.25) is 0 Å². The van der Waals surface area contributed by atoms with Crippen molar-refractivity contribution in [3.63, 3.8) is 0 Å². The van der Waals surface area contributed by atoms with E-state index in [1.54, 1.807) is 0 Å². The summed E-state index contributed by atoms with van der Waals surface area (Å²) in [7, 11) is -3.84. The molecule has 2 aromatic rings. The molecule has 0 saturated carbocycles. The molecular formula is C18H19F2NO2S. The van der Waals surface area contributed by atoms with Gasteiger partial charge < -0.3 is 0 Å². The zero-order valence-corrected chi connectivity index (χ0v) is 14.0. The van der Waals surface area contributed by atoms with Gasteiger partial charge in [0.2, 0.25) is 10.0 Å². The summed E-state index contributed by atoms with van der Waals surface area (Å²) in [6.45, 7) is 0.746. The Kier molecular flexibility index (Phi) is 4.96. The van der Waals surface area contributed by atoms with Crippen molar-refractivity contribution in [3.8, 4) is 0 Å². The third kappa shape index (κ3) is 3.49. The Morgan fingerprint density at radius 3 is 2.42 bits per heavy atom. The normalized spacial score (nSPS) is 19.8. The Morgan fingerprint density at radius 2 is 1.71 bits per heavy atom. The van der Waals surface area contributed by atoms with Crippen molar-refractivity contribution >= 4 is 10.0 Å². The van der Waals surface area contributed by atoms with Crippen LogP contribution in [-0.4, -0.2) is 25.8 Å². The largest absolute Gasteiger partial charge is 0.243 e. The van der Waals surface area contributed by atoms with Crippen molar-refractivity contribution < 1.29 is 17.2 Å². The fourth-order valence-electron chi connectivity index (χ4n) is 3.11. The smallest absolute Gasteiger partial charge is 0.207 e. The Balaban J connectivity index is 1.90. The van der Waals surface area contributed by atoms with Crippen LogP contribution in [0.2, 0.25) is 0 Å². The van der Waals surface area contributed by atoms with Crippen molar-refractivity contribution in [2.45, 2.75) is 30.1 Å². The summed E-state index contributed by atoms with van der Waals surface area (Å²) in [6, 6.07) is 12.5. The molecule has 6 heteroatoms. The summed E-state index contributed by atoms with van der Waals surface area (Å²) in [6.07, 6.45) is 2.60. The molecular weight excluding hydrogens is 332 g/mol. The molecule has 1 aliphatic rings. The highest BCUT2D eigenvalue weighted by molar-refractivity contribution is 7.89. The number of benzene rings is 2. The van der Waals surface area contributed by atoms with Crippen LogP contribution in [0, 0.1) is 11.6 Å². The zero-order valence-electron chi connectivity index (χ0n) is 13.2. The Bertz CT molecular complexity index is 809. The second-order valence-corrected chi connectivity index (χ2v) is 7.98. The van der Waals surface area contributed by atoms with Crippen molar-refractivity contribution in [1.82, 2.24) is 4.31 Å². The van der Waals surface area contributed by atoms with Gasteiger partial charge in [0.05, 0.1) is 4.90 Å². The number of sulfonamides is 1. The van der Waals surface area contributed by atoms with E-state index in [9.17, 15) is 17.2 Å². The Hall–Kier alpha value is -1.79. The van der Waals surface area contributed by atoms with Crippen molar-refractivity contribution in [2.24, 2.45) is 0 Å². The van der Waals surface area contributed by atoms with E-state index in [2.05, 4.69) is 0 Å². The first-order chi connectivity index (χ1) is 11.5. The van der Waals surface area contributed by atoms with Crippen LogP contribution < -0.4 is 0 Å². The van der Waals surface area contributed by atoms with Crippen LogP contribution in [0.1, 0.15) is 30.7 Å². The lowest BCUT2D eigenvalue weighted by molar-refractivity contribution is 0.405. The second-order valence-electron chi connectivity index (χ2n) is 6.04. The molecule has 128 valence electrons. The monoisotopic (exact) mass is 351 g/mol. The number of hydrogen-bond donors (Lipinski definition) is 0. The topological polar surface area (TPSA) is 37.4 Å². The minimum absolute atomic E-state index is 0.105. The van der Waals surface area contributed by atoms with Gasteiger partial charge in [0.1, 0.15) is 0 Å². The van der Waals surface area contributed by atoms with Crippen LogP contribution in [-0.2, 0) is 10.0 Å². The Morgan fingerprint density at radius 1 is 0.958 bits per heavy atom. The number of nitrogens with zero attached hydrogens (tertiary/aromatic N) is 1. The van der Waals surface area contributed by atoms with Gasteiger partial charge in [-0.1, -0.05) is 36.8 Å². The molecule has 1 aliphatic heterocycles. The molecule has 3 rings (SSSR count). The summed E-state index contributed by atoms with van der Waals surface area (Å²) in [5.41, 5.74) is 1.10. The molecule has 2 aromatic carbocycles. The van der Waals surface area contributed by atoms with E-state index in [1.165, 1.54) is 4.31 Å². The maximum Gasteiger partial charge on any atom is 0.243 e. The molecule has 1 atom stereocenters. The number of rotatable bonds is 3. The SMILES string of the molecule is O=S(=O)(c1ccc(F)c(F)c1)N1CCCCC(c2ccccc2)C1. The van der Waals surface area contributed by atoms with E-state index >= 15 is 0 Å². The lowest BCUT2D eigenvalue weighted by atomic mass is 9.95. The van der Waals surface area contributed by atoms with Gasteiger partial charge in [0, 0.05) is 13.1 Å². The Labute approximate surface area is 141 Å². The van der Waals surface area contributed by atoms with E-state index in [0.717, 1.165) is 43.0 Å². The third-order valence-electron chi connectivity index (χ3n) is 4.43. The molecule has 24 heavy (non-hydrogen) atoms. The molecule has 1 heterocycles. The van der Waals surface area contributed by atoms with Gasteiger partial charge in [0.15, 0.2) is 11.6 Å². The first-order valence-corrected chi connectivity index (χ1v) is 9.42. The van der Waals surface area contributed by atoms with Gasteiger partial charge in [-0.05, 0) is 42.5 Å². The van der Waals surface area contributed by atoms with Gasteiger partial charge in [-0.25, -0.2) is 17.2 Å². The van der Waals surface area contributed by atoms with Gasteiger partial charge in [-0.15, -0.1) is 0 Å². The molecule has 0 spiro atoms. The minimum Gasteiger partial charge on any atom is -0.207 e. The van der Waals surface area contributed by atoms with Gasteiger partial charge in [0.25, 0.3) is 0 Å². The van der Waals surface area contributed by atoms with E-state index in [-0.39, 0.29) is 10.8 Å². The predicted molar refractivity (Wildman–Crippen MR) is 88.2 cm³/mol. The second kappa shape index (κ2) is 6.99. The molecule has 1 fully saturated rings. The molecule has 0 N–H and O–H groups in total. The number of halogens is 2. The molecule has 3 nitrogen and oxygen atoms in total. The maximum atomic E-state index is 13.4. The minimum atomic E-state index is -3.84. The average Bonchev–Trinajstić information content (AvgIpc) is 2.85. The quantitative estimate of drug-likeness (QED) is 0.840. The molecule has 0 aromatic heterocycles. The summed E-state index contributed by atoms with van der Waals surface area (Å²) >= 11 is 0. The standard InChI is InChI=1S/C18H19F2NO2S/c19-17-10-9-16(12-18(17)20)24(22,23)21-11-5-4-8-15(13-21)14-6-2-1-3-7-14/h1-3,6-7,9-10,12,15H,4-5,8,11,13H2. The van der Waals surface area contributed by atoms with Crippen LogP contribution in [0.3, 0.4) is 0 Å². The highest BCUT2D eigenvalue weighted by Gasteiger charge is 2.30. The predicted octanol–water partition coefficient (Wildman–Crippen LogP) is 3.92. The van der Waals surface area contributed by atoms with Crippen molar-refractivity contribution in [3.05, 3.63) is 65.7 Å². The maximum absolute atomic E-state index is 13.4. The summed E-state index contributed by atoms with van der Waals surface area (Å²) < 4.78 is 53.6. The summed E-state index contributed by atoms with van der Waals surface area (Å²) in [5.74, 6) is -2.09. The third-order valence-corrected chi connectivity index (χ3v) is 6.30. The first kappa shape index (κ1) is 17.0. The molecule has 1 unspecified atom stereocenters. The van der Waals surface area contributed by atoms with Crippen LogP contribution in [0.4, 0.5) is 8.78 Å². The van der Waals surface area contributed by atoms with Crippen LogP contribution in [0.5, 0.6) is 0 Å². The average molecular weight is 351 g/mol. The van der Waals surface area contributed by atoms with Crippen molar-refractivity contribution in [1.29, 1.82) is 0 Å². The highest BCUT2D eigenvalue weighted by atomic mass is 32.2. The van der Waals surface area contributed by atoms with E-state index in [0.29, 0.717) is 13.1 Å². The van der Waals surface area contributed by atoms with Crippen LogP contribution in [0.15, 0.2) is 53.4 Å². The van der Waals surface area contributed by atoms with Crippen LogP contribution in [0.25, 0.3) is 0 Å². The summed E-state index contributed by atoms with van der Waals surface area (Å²) in [4.78, 5) is -0.199. The first-order valence-electron chi connectivity index (χ1n) is 7.98. The van der Waals surface area contributed by atoms with E-state index < -0.39 is 21.7 Å². The van der Waals surface area contributed by atoms with Gasteiger partial charge >= 0.3 is 0 Å². The van der Waals surface area contributed by atoms with E-state index in [4.69, 9.17) is 0 Å².